The monoisotopic (exact) mass is 260 g/mol. The van der Waals surface area contributed by atoms with Gasteiger partial charge in [-0.25, -0.2) is 4.79 Å². The molecule has 0 aliphatic heterocycles. The number of halogens is 3. The fraction of sp³-hybridized carbons (Fsp3) is 0.364. The number of nitrogens with two attached hydrogens (primary N) is 1. The average molecular weight is 260 g/mol. The summed E-state index contributed by atoms with van der Waals surface area (Å²) in [6.07, 6.45) is -4.45. The van der Waals surface area contributed by atoms with Gasteiger partial charge in [0.15, 0.2) is 0 Å². The number of carbonyl (C=O) groups is 1. The maximum Gasteiger partial charge on any atom is 0.411 e. The molecule has 0 unspecified atom stereocenters. The van der Waals surface area contributed by atoms with Crippen molar-refractivity contribution >= 4 is 17.3 Å². The molecule has 1 aromatic carbocycles. The molecule has 1 aliphatic rings. The first kappa shape index (κ1) is 12.5. The number of benzene rings is 1. The third kappa shape index (κ3) is 2.07. The molecule has 0 aromatic heterocycles. The van der Waals surface area contributed by atoms with Crippen molar-refractivity contribution in [1.29, 1.82) is 0 Å². The standard InChI is InChI=1S/C11H11F3N2O2/c12-11(13,14)10(3-4-10)16-8-5-6(9(17)18)1-2-7(8)15/h1-2,5,16H,3-4,15H2,(H,17,18). The number of hydrogen-bond acceptors (Lipinski definition) is 3. The smallest absolute Gasteiger partial charge is 0.411 e. The van der Waals surface area contributed by atoms with E-state index in [-0.39, 0.29) is 29.8 Å². The van der Waals surface area contributed by atoms with Crippen molar-refractivity contribution < 1.29 is 23.1 Å². The third-order valence-corrected chi connectivity index (χ3v) is 2.97. The van der Waals surface area contributed by atoms with Crippen molar-refractivity contribution in [3.63, 3.8) is 0 Å². The zero-order chi connectivity index (χ0) is 13.6. The van der Waals surface area contributed by atoms with Gasteiger partial charge in [-0.3, -0.25) is 0 Å². The van der Waals surface area contributed by atoms with E-state index in [0.717, 1.165) is 6.07 Å². The number of rotatable bonds is 3. The van der Waals surface area contributed by atoms with Crippen LogP contribution in [0.3, 0.4) is 0 Å². The Kier molecular flexibility index (Phi) is 2.64. The van der Waals surface area contributed by atoms with Crippen molar-refractivity contribution in [3.8, 4) is 0 Å². The highest BCUT2D eigenvalue weighted by molar-refractivity contribution is 5.90. The van der Waals surface area contributed by atoms with Gasteiger partial charge in [0.2, 0.25) is 0 Å². The minimum Gasteiger partial charge on any atom is -0.478 e. The van der Waals surface area contributed by atoms with Crippen molar-refractivity contribution in [2.45, 2.75) is 24.6 Å². The summed E-state index contributed by atoms with van der Waals surface area (Å²) >= 11 is 0. The number of aromatic carboxylic acids is 1. The first-order chi connectivity index (χ1) is 8.25. The summed E-state index contributed by atoms with van der Waals surface area (Å²) in [6.45, 7) is 0. The number of hydrogen-bond donors (Lipinski definition) is 3. The van der Waals surface area contributed by atoms with Gasteiger partial charge >= 0.3 is 12.1 Å². The Hall–Kier alpha value is -1.92. The van der Waals surface area contributed by atoms with Gasteiger partial charge in [0.25, 0.3) is 0 Å². The molecule has 0 bridgehead atoms. The van der Waals surface area contributed by atoms with Crippen LogP contribution in [-0.4, -0.2) is 22.8 Å². The Labute approximate surface area is 101 Å². The molecule has 98 valence electrons. The third-order valence-electron chi connectivity index (χ3n) is 2.97. The quantitative estimate of drug-likeness (QED) is 0.730. The van der Waals surface area contributed by atoms with E-state index in [0.29, 0.717) is 0 Å². The summed E-state index contributed by atoms with van der Waals surface area (Å²) in [5, 5.41) is 11.1. The molecule has 0 atom stereocenters. The summed E-state index contributed by atoms with van der Waals surface area (Å²) in [5.41, 5.74) is 3.58. The molecule has 0 amide bonds. The molecule has 0 saturated heterocycles. The number of carboxylic acid groups (broad SMARTS) is 1. The molecule has 4 nitrogen and oxygen atoms in total. The minimum atomic E-state index is -4.38. The number of nitrogens with one attached hydrogen (secondary N) is 1. The maximum absolute atomic E-state index is 12.8. The second-order valence-electron chi connectivity index (χ2n) is 4.31. The Morgan fingerprint density at radius 2 is 2.00 bits per heavy atom. The molecular weight excluding hydrogens is 249 g/mol. The normalized spacial score (nSPS) is 17.3. The molecule has 1 fully saturated rings. The zero-order valence-electron chi connectivity index (χ0n) is 9.21. The Balaban J connectivity index is 2.30. The van der Waals surface area contributed by atoms with Crippen LogP contribution >= 0.6 is 0 Å². The van der Waals surface area contributed by atoms with E-state index in [1.807, 2.05) is 0 Å². The van der Waals surface area contributed by atoms with Crippen molar-refractivity contribution in [1.82, 2.24) is 0 Å². The predicted molar refractivity (Wildman–Crippen MR) is 59.5 cm³/mol. The van der Waals surface area contributed by atoms with Crippen LogP contribution in [-0.2, 0) is 0 Å². The number of alkyl halides is 3. The highest BCUT2D eigenvalue weighted by Gasteiger charge is 2.63. The summed E-state index contributed by atoms with van der Waals surface area (Å²) in [7, 11) is 0. The van der Waals surface area contributed by atoms with Gasteiger partial charge in [0.1, 0.15) is 5.54 Å². The molecule has 1 saturated carbocycles. The lowest BCUT2D eigenvalue weighted by atomic mass is 10.1. The van der Waals surface area contributed by atoms with Gasteiger partial charge in [0.05, 0.1) is 16.9 Å². The minimum absolute atomic E-state index is 0.00438. The lowest BCUT2D eigenvalue weighted by Gasteiger charge is -2.23. The predicted octanol–water partition coefficient (Wildman–Crippen LogP) is 2.47. The largest absolute Gasteiger partial charge is 0.478 e. The number of carboxylic acids is 1. The van der Waals surface area contributed by atoms with E-state index in [2.05, 4.69) is 5.32 Å². The molecule has 18 heavy (non-hydrogen) atoms. The van der Waals surface area contributed by atoms with Crippen LogP contribution in [0.2, 0.25) is 0 Å². The highest BCUT2D eigenvalue weighted by atomic mass is 19.4. The molecule has 1 aromatic rings. The lowest BCUT2D eigenvalue weighted by Crippen LogP contribution is -2.38. The molecular formula is C11H11F3N2O2. The Bertz CT molecular complexity index is 496. The fourth-order valence-corrected chi connectivity index (χ4v) is 1.66. The molecule has 1 aliphatic carbocycles. The van der Waals surface area contributed by atoms with Crippen LogP contribution in [0, 0.1) is 0 Å². The fourth-order valence-electron chi connectivity index (χ4n) is 1.66. The van der Waals surface area contributed by atoms with Crippen molar-refractivity contribution in [2.24, 2.45) is 0 Å². The van der Waals surface area contributed by atoms with E-state index in [4.69, 9.17) is 10.8 Å². The van der Waals surface area contributed by atoms with Gasteiger partial charge in [-0.05, 0) is 31.0 Å². The average Bonchev–Trinajstić information content (AvgIpc) is 3.01. The molecule has 2 rings (SSSR count). The topological polar surface area (TPSA) is 75.4 Å². The van der Waals surface area contributed by atoms with E-state index >= 15 is 0 Å². The Morgan fingerprint density at radius 1 is 1.39 bits per heavy atom. The van der Waals surface area contributed by atoms with E-state index < -0.39 is 17.7 Å². The highest BCUT2D eigenvalue weighted by Crippen LogP contribution is 2.51. The van der Waals surface area contributed by atoms with Gasteiger partial charge in [-0.15, -0.1) is 0 Å². The first-order valence-electron chi connectivity index (χ1n) is 5.23. The molecule has 0 heterocycles. The lowest BCUT2D eigenvalue weighted by molar-refractivity contribution is -0.151. The number of nitrogen functional groups attached to an aromatic ring is 1. The molecule has 7 heteroatoms. The zero-order valence-corrected chi connectivity index (χ0v) is 9.21. The second-order valence-corrected chi connectivity index (χ2v) is 4.31. The van der Waals surface area contributed by atoms with Gasteiger partial charge < -0.3 is 16.2 Å². The van der Waals surface area contributed by atoms with E-state index in [1.165, 1.54) is 12.1 Å². The van der Waals surface area contributed by atoms with Crippen molar-refractivity contribution in [2.75, 3.05) is 11.1 Å². The number of anilines is 2. The van der Waals surface area contributed by atoms with Gasteiger partial charge in [0, 0.05) is 0 Å². The molecule has 0 spiro atoms. The van der Waals surface area contributed by atoms with Crippen LogP contribution in [0.4, 0.5) is 24.5 Å². The van der Waals surface area contributed by atoms with Crippen LogP contribution < -0.4 is 11.1 Å². The summed E-state index contributed by atoms with van der Waals surface area (Å²) in [6, 6.07) is 3.64. The first-order valence-corrected chi connectivity index (χ1v) is 5.23. The molecule has 4 N–H and O–H groups in total. The Morgan fingerprint density at radius 3 is 2.44 bits per heavy atom. The van der Waals surface area contributed by atoms with Gasteiger partial charge in [-0.1, -0.05) is 0 Å². The van der Waals surface area contributed by atoms with Crippen LogP contribution in [0.5, 0.6) is 0 Å². The molecule has 0 radical (unpaired) electrons. The van der Waals surface area contributed by atoms with E-state index in [1.54, 1.807) is 0 Å². The summed E-state index contributed by atoms with van der Waals surface area (Å²) in [5.74, 6) is -1.21. The summed E-state index contributed by atoms with van der Waals surface area (Å²) < 4.78 is 38.3. The van der Waals surface area contributed by atoms with Crippen molar-refractivity contribution in [3.05, 3.63) is 23.8 Å². The summed E-state index contributed by atoms with van der Waals surface area (Å²) in [4.78, 5) is 10.8. The maximum atomic E-state index is 12.8. The van der Waals surface area contributed by atoms with E-state index in [9.17, 15) is 18.0 Å². The van der Waals surface area contributed by atoms with Crippen LogP contribution in [0.25, 0.3) is 0 Å². The van der Waals surface area contributed by atoms with Gasteiger partial charge in [-0.2, -0.15) is 13.2 Å². The van der Waals surface area contributed by atoms with Crippen LogP contribution in [0.1, 0.15) is 23.2 Å². The van der Waals surface area contributed by atoms with Crippen LogP contribution in [0.15, 0.2) is 18.2 Å². The second kappa shape index (κ2) is 3.79. The SMILES string of the molecule is Nc1ccc(C(=O)O)cc1NC1(C(F)(F)F)CC1.